The number of ketones is 1. The second-order valence-corrected chi connectivity index (χ2v) is 15.7. The van der Waals surface area contributed by atoms with Crippen molar-refractivity contribution in [1.29, 1.82) is 0 Å². The molecule has 0 aromatic heterocycles. The number of methoxy groups -OCH3 is 1. The lowest BCUT2D eigenvalue weighted by atomic mass is 9.74. The van der Waals surface area contributed by atoms with Gasteiger partial charge >= 0.3 is 5.97 Å². The van der Waals surface area contributed by atoms with Gasteiger partial charge in [-0.1, -0.05) is 13.8 Å². The lowest BCUT2D eigenvalue weighted by Crippen LogP contribution is -2.60. The van der Waals surface area contributed by atoms with Crippen LogP contribution in [0.15, 0.2) is 0 Å². The molecule has 4 fully saturated rings. The van der Waals surface area contributed by atoms with E-state index in [9.17, 15) is 14.7 Å². The molecule has 10 nitrogen and oxygen atoms in total. The van der Waals surface area contributed by atoms with Gasteiger partial charge in [-0.3, -0.25) is 14.5 Å². The smallest absolute Gasteiger partial charge is 0.319 e. The number of esters is 1. The van der Waals surface area contributed by atoms with Crippen LogP contribution in [0, 0.1) is 29.1 Å². The molecule has 3 saturated heterocycles. The van der Waals surface area contributed by atoms with Crippen molar-refractivity contribution in [3.8, 4) is 0 Å². The van der Waals surface area contributed by atoms with Crippen molar-refractivity contribution in [2.45, 2.75) is 123 Å². The minimum atomic E-state index is -1.41. The van der Waals surface area contributed by atoms with Crippen LogP contribution in [-0.4, -0.2) is 134 Å². The first-order chi connectivity index (χ1) is 20.5. The van der Waals surface area contributed by atoms with Gasteiger partial charge in [0.25, 0.3) is 0 Å². The molecule has 4 aliphatic rings. The van der Waals surface area contributed by atoms with Crippen LogP contribution in [0.4, 0.5) is 0 Å². The maximum Gasteiger partial charge on any atom is 0.319 e. The van der Waals surface area contributed by atoms with Gasteiger partial charge in [-0.15, -0.1) is 0 Å². The molecule has 3 aliphatic heterocycles. The van der Waals surface area contributed by atoms with Crippen LogP contribution in [-0.2, 0) is 28.5 Å². The largest absolute Gasteiger partial charge is 0.460 e. The molecule has 0 aromatic rings. The number of rotatable bonds is 7. The van der Waals surface area contributed by atoms with Gasteiger partial charge in [-0.05, 0) is 93.3 Å². The average molecular weight is 624 g/mol. The second-order valence-electron chi connectivity index (χ2n) is 15.7. The Hall–Kier alpha value is -1.14. The summed E-state index contributed by atoms with van der Waals surface area (Å²) < 4.78 is 25.2. The van der Waals surface area contributed by atoms with Gasteiger partial charge in [0.05, 0.1) is 23.9 Å². The second kappa shape index (κ2) is 13.9. The fourth-order valence-electron chi connectivity index (χ4n) is 8.21. The van der Waals surface area contributed by atoms with Crippen LogP contribution < -0.4 is 0 Å². The van der Waals surface area contributed by atoms with E-state index < -0.39 is 41.4 Å². The van der Waals surface area contributed by atoms with E-state index in [1.54, 1.807) is 27.9 Å². The summed E-state index contributed by atoms with van der Waals surface area (Å²) in [6, 6.07) is -0.126. The Bertz CT molecular complexity index is 999. The highest BCUT2D eigenvalue weighted by atomic mass is 16.7. The molecule has 44 heavy (non-hydrogen) atoms. The number of aliphatic hydroxyl groups is 1. The van der Waals surface area contributed by atoms with Gasteiger partial charge in [0, 0.05) is 51.2 Å². The Kier molecular flexibility index (Phi) is 11.3. The molecule has 0 bridgehead atoms. The number of Topliss-reactive ketones (excluding diaryl/α,β-unsaturated/α-hetero) is 1. The van der Waals surface area contributed by atoms with Crippen molar-refractivity contribution in [1.82, 2.24) is 14.7 Å². The number of hydrogen-bond acceptors (Lipinski definition) is 10. The highest BCUT2D eigenvalue weighted by Gasteiger charge is 2.52. The highest BCUT2D eigenvalue weighted by Crippen LogP contribution is 2.40. The summed E-state index contributed by atoms with van der Waals surface area (Å²) in [7, 11) is 7.64. The lowest BCUT2D eigenvalue weighted by Gasteiger charge is -2.49. The van der Waals surface area contributed by atoms with Crippen molar-refractivity contribution in [3.05, 3.63) is 0 Å². The topological polar surface area (TPSA) is 101 Å². The van der Waals surface area contributed by atoms with E-state index in [4.69, 9.17) is 18.9 Å². The third kappa shape index (κ3) is 7.69. The molecule has 1 unspecified atom stereocenters. The molecule has 0 aromatic carbocycles. The number of likely N-dealkylation sites (tertiary alicyclic amines) is 1. The van der Waals surface area contributed by atoms with E-state index in [0.29, 0.717) is 18.8 Å². The van der Waals surface area contributed by atoms with Crippen LogP contribution in [0.1, 0.15) is 74.1 Å². The molecule has 0 spiro atoms. The third-order valence-corrected chi connectivity index (χ3v) is 10.9. The normalized spacial score (nSPS) is 42.2. The van der Waals surface area contributed by atoms with E-state index in [0.717, 1.165) is 32.1 Å². The van der Waals surface area contributed by atoms with Crippen molar-refractivity contribution in [3.63, 3.8) is 0 Å². The molecule has 10 heteroatoms. The van der Waals surface area contributed by atoms with Crippen LogP contribution in [0.25, 0.3) is 0 Å². The van der Waals surface area contributed by atoms with Crippen molar-refractivity contribution < 1.29 is 33.6 Å². The minimum Gasteiger partial charge on any atom is -0.460 e. The van der Waals surface area contributed by atoms with Crippen LogP contribution in [0.3, 0.4) is 0 Å². The SMILES string of the molecule is CO[C@]1(C)C[C@@H](C)CN(C)C(C2CN(CC3CC3)C2)[C@@H](C)OC(=O)C(C)(C)C(=O)[C@H](C)[C@H]1O[C@@H]1O[C@H](C)C[C@H](N(C)C)[C@H]1O. The molecule has 4 rings (SSSR count). The van der Waals surface area contributed by atoms with E-state index >= 15 is 0 Å². The first-order valence-electron chi connectivity index (χ1n) is 16.9. The van der Waals surface area contributed by atoms with E-state index in [2.05, 4.69) is 23.8 Å². The summed E-state index contributed by atoms with van der Waals surface area (Å²) in [5.41, 5.74) is -2.31. The number of ether oxygens (including phenoxy) is 4. The monoisotopic (exact) mass is 623 g/mol. The molecule has 254 valence electrons. The Morgan fingerprint density at radius 2 is 1.68 bits per heavy atom. The number of aliphatic hydroxyl groups excluding tert-OH is 1. The number of nitrogens with zero attached hydrogens (tertiary/aromatic N) is 3. The fourth-order valence-corrected chi connectivity index (χ4v) is 8.21. The van der Waals surface area contributed by atoms with Gasteiger partial charge in [0.15, 0.2) is 12.1 Å². The standard InChI is InChI=1S/C34H61N3O7/c1-20-15-34(7,41-11)30(44-31-28(38)26(35(8)9)14-21(2)42-31)22(3)29(39)33(5,6)32(40)43-23(4)27(36(10)16-20)25-18-37(19-25)17-24-12-13-24/h20-28,30-31,38H,12-19H2,1-11H3/t20-,21-,22+,23-,26+,27?,28-,30-,31+,34-/m1/s1. The summed E-state index contributed by atoms with van der Waals surface area (Å²) in [5.74, 6) is -0.134. The summed E-state index contributed by atoms with van der Waals surface area (Å²) in [6.07, 6.45) is 0.774. The molecule has 0 amide bonds. The molecule has 10 atom stereocenters. The Morgan fingerprint density at radius 3 is 2.25 bits per heavy atom. The number of carbonyl (C=O) groups excluding carboxylic acids is 2. The molecular formula is C34H61N3O7. The van der Waals surface area contributed by atoms with Gasteiger partial charge in [-0.25, -0.2) is 0 Å². The number of likely N-dealkylation sites (N-methyl/N-ethyl adjacent to an activating group) is 2. The Balaban J connectivity index is 1.64. The zero-order valence-electron chi connectivity index (χ0n) is 29.2. The zero-order chi connectivity index (χ0) is 32.7. The lowest BCUT2D eigenvalue weighted by molar-refractivity contribution is -0.295. The van der Waals surface area contributed by atoms with Crippen molar-refractivity contribution in [2.75, 3.05) is 54.4 Å². The average Bonchev–Trinajstić information content (AvgIpc) is 3.74. The Labute approximate surface area is 266 Å². The molecule has 1 N–H and O–H groups in total. The minimum absolute atomic E-state index is 0.0389. The van der Waals surface area contributed by atoms with Crippen LogP contribution in [0.2, 0.25) is 0 Å². The van der Waals surface area contributed by atoms with Gasteiger partial charge in [0.1, 0.15) is 17.6 Å². The van der Waals surface area contributed by atoms with Gasteiger partial charge < -0.3 is 33.9 Å². The predicted molar refractivity (Wildman–Crippen MR) is 169 cm³/mol. The van der Waals surface area contributed by atoms with Crippen molar-refractivity contribution >= 4 is 11.8 Å². The van der Waals surface area contributed by atoms with E-state index in [1.807, 2.05) is 39.8 Å². The Morgan fingerprint density at radius 1 is 1.05 bits per heavy atom. The van der Waals surface area contributed by atoms with Gasteiger partial charge in [-0.2, -0.15) is 0 Å². The quantitative estimate of drug-likeness (QED) is 0.337. The summed E-state index contributed by atoms with van der Waals surface area (Å²) in [5, 5.41) is 11.3. The van der Waals surface area contributed by atoms with Crippen LogP contribution >= 0.6 is 0 Å². The third-order valence-electron chi connectivity index (χ3n) is 10.9. The number of cyclic esters (lactones) is 1. The first kappa shape index (κ1) is 35.7. The van der Waals surface area contributed by atoms with Crippen molar-refractivity contribution in [2.24, 2.45) is 29.1 Å². The zero-order valence-corrected chi connectivity index (χ0v) is 29.2. The number of hydrogen-bond donors (Lipinski definition) is 1. The molecule has 1 saturated carbocycles. The summed E-state index contributed by atoms with van der Waals surface area (Å²) in [6.45, 7) is 17.2. The molecular weight excluding hydrogens is 562 g/mol. The maximum absolute atomic E-state index is 14.3. The molecule has 0 radical (unpaired) electrons. The molecule has 1 aliphatic carbocycles. The summed E-state index contributed by atoms with van der Waals surface area (Å²) in [4.78, 5) is 34.9. The summed E-state index contributed by atoms with van der Waals surface area (Å²) >= 11 is 0. The van der Waals surface area contributed by atoms with Gasteiger partial charge in [0.2, 0.25) is 0 Å². The highest BCUT2D eigenvalue weighted by molar-refractivity contribution is 6.04. The number of carbonyl (C=O) groups is 2. The maximum atomic E-state index is 14.3. The predicted octanol–water partition coefficient (Wildman–Crippen LogP) is 3.05. The fraction of sp³-hybridized carbons (Fsp3) is 0.941. The van der Waals surface area contributed by atoms with E-state index in [-0.39, 0.29) is 36.0 Å². The molecule has 3 heterocycles. The van der Waals surface area contributed by atoms with Crippen LogP contribution in [0.5, 0.6) is 0 Å². The first-order valence-corrected chi connectivity index (χ1v) is 16.9. The van der Waals surface area contributed by atoms with E-state index in [1.165, 1.54) is 12.8 Å².